The third kappa shape index (κ3) is 2.49. The predicted molar refractivity (Wildman–Crippen MR) is 70.2 cm³/mol. The van der Waals surface area contributed by atoms with E-state index in [0.29, 0.717) is 16.0 Å². The van der Waals surface area contributed by atoms with Crippen LogP contribution in [0.2, 0.25) is 0 Å². The largest absolute Gasteiger partial charge is 0.481 e. The Morgan fingerprint density at radius 1 is 1.22 bits per heavy atom. The van der Waals surface area contributed by atoms with Crippen LogP contribution in [0.15, 0.2) is 41.8 Å². The van der Waals surface area contributed by atoms with Gasteiger partial charge in [0.25, 0.3) is 0 Å². The average Bonchev–Trinajstić information content (AvgIpc) is 2.87. The fourth-order valence-electron chi connectivity index (χ4n) is 1.57. The second-order valence-electron chi connectivity index (χ2n) is 4.00. The SMILES string of the molecule is CC(C(=O)O)c1csc(C(=O)c2ccccc2)c1. The monoisotopic (exact) mass is 260 g/mol. The highest BCUT2D eigenvalue weighted by Crippen LogP contribution is 2.24. The van der Waals surface area contributed by atoms with Crippen LogP contribution >= 0.6 is 11.3 Å². The third-order valence-corrected chi connectivity index (χ3v) is 3.70. The molecule has 0 spiro atoms. The molecule has 0 bridgehead atoms. The van der Waals surface area contributed by atoms with Gasteiger partial charge in [-0.2, -0.15) is 0 Å². The summed E-state index contributed by atoms with van der Waals surface area (Å²) in [5, 5.41) is 10.7. The zero-order valence-electron chi connectivity index (χ0n) is 9.79. The lowest BCUT2D eigenvalue weighted by Gasteiger charge is -2.01. The minimum atomic E-state index is -0.883. The van der Waals surface area contributed by atoms with Crippen molar-refractivity contribution in [2.24, 2.45) is 0 Å². The van der Waals surface area contributed by atoms with Gasteiger partial charge in [0.1, 0.15) is 0 Å². The number of benzene rings is 1. The number of carbonyl (C=O) groups is 2. The zero-order chi connectivity index (χ0) is 13.1. The molecule has 1 heterocycles. The quantitative estimate of drug-likeness (QED) is 0.859. The van der Waals surface area contributed by atoms with E-state index in [1.165, 1.54) is 11.3 Å². The van der Waals surface area contributed by atoms with Crippen molar-refractivity contribution in [3.05, 3.63) is 57.8 Å². The Labute approximate surface area is 109 Å². The van der Waals surface area contributed by atoms with Gasteiger partial charge < -0.3 is 5.11 Å². The molecule has 0 aliphatic rings. The van der Waals surface area contributed by atoms with Crippen LogP contribution in [0.1, 0.15) is 33.6 Å². The van der Waals surface area contributed by atoms with Crippen LogP contribution in [0, 0.1) is 0 Å². The molecular weight excluding hydrogens is 248 g/mol. The zero-order valence-corrected chi connectivity index (χ0v) is 10.6. The summed E-state index contributed by atoms with van der Waals surface area (Å²) < 4.78 is 0. The number of thiophene rings is 1. The summed E-state index contributed by atoms with van der Waals surface area (Å²) in [6.45, 7) is 1.61. The van der Waals surface area contributed by atoms with Gasteiger partial charge in [0.05, 0.1) is 10.8 Å². The van der Waals surface area contributed by atoms with Gasteiger partial charge in [-0.25, -0.2) is 0 Å². The summed E-state index contributed by atoms with van der Waals surface area (Å²) in [5.41, 5.74) is 1.29. The Hall–Kier alpha value is -1.94. The van der Waals surface area contributed by atoms with Gasteiger partial charge in [-0.1, -0.05) is 30.3 Å². The Morgan fingerprint density at radius 3 is 2.50 bits per heavy atom. The molecule has 0 aliphatic heterocycles. The van der Waals surface area contributed by atoms with E-state index in [1.807, 2.05) is 18.2 Å². The highest BCUT2D eigenvalue weighted by atomic mass is 32.1. The van der Waals surface area contributed by atoms with Crippen LogP contribution in [0.3, 0.4) is 0 Å². The summed E-state index contributed by atoms with van der Waals surface area (Å²) in [4.78, 5) is 23.6. The summed E-state index contributed by atoms with van der Waals surface area (Å²) in [6, 6.07) is 10.6. The van der Waals surface area contributed by atoms with Gasteiger partial charge in [0.2, 0.25) is 5.78 Å². The molecule has 0 aliphatic carbocycles. The molecule has 1 unspecified atom stereocenters. The number of hydrogen-bond donors (Lipinski definition) is 1. The van der Waals surface area contributed by atoms with E-state index in [1.54, 1.807) is 30.5 Å². The highest BCUT2D eigenvalue weighted by Gasteiger charge is 2.18. The van der Waals surface area contributed by atoms with Crippen LogP contribution in [0.4, 0.5) is 0 Å². The Morgan fingerprint density at radius 2 is 1.89 bits per heavy atom. The smallest absolute Gasteiger partial charge is 0.310 e. The number of aliphatic carboxylic acids is 1. The molecule has 1 atom stereocenters. The molecule has 0 saturated carbocycles. The summed E-state index contributed by atoms with van der Waals surface area (Å²) in [6.07, 6.45) is 0. The molecule has 18 heavy (non-hydrogen) atoms. The van der Waals surface area contributed by atoms with E-state index in [2.05, 4.69) is 0 Å². The van der Waals surface area contributed by atoms with Crippen LogP contribution in [-0.2, 0) is 4.79 Å². The standard InChI is InChI=1S/C14H12O3S/c1-9(14(16)17)11-7-12(18-8-11)13(15)10-5-3-2-4-6-10/h2-9H,1H3,(H,16,17). The lowest BCUT2D eigenvalue weighted by Crippen LogP contribution is -2.06. The third-order valence-electron chi connectivity index (χ3n) is 2.75. The number of carboxylic acid groups (broad SMARTS) is 1. The first kappa shape index (κ1) is 12.5. The molecule has 1 N–H and O–H groups in total. The normalized spacial score (nSPS) is 12.1. The van der Waals surface area contributed by atoms with E-state index in [9.17, 15) is 9.59 Å². The predicted octanol–water partition coefficient (Wildman–Crippen LogP) is 3.17. The van der Waals surface area contributed by atoms with Gasteiger partial charge >= 0.3 is 5.97 Å². The molecular formula is C14H12O3S. The van der Waals surface area contributed by atoms with Crippen LogP contribution < -0.4 is 0 Å². The maximum absolute atomic E-state index is 12.1. The topological polar surface area (TPSA) is 54.4 Å². The molecule has 0 radical (unpaired) electrons. The van der Waals surface area contributed by atoms with Crippen LogP contribution in [0.5, 0.6) is 0 Å². The molecule has 4 heteroatoms. The van der Waals surface area contributed by atoms with Crippen molar-refractivity contribution >= 4 is 23.1 Å². The second-order valence-corrected chi connectivity index (χ2v) is 4.91. The molecule has 0 amide bonds. The van der Waals surface area contributed by atoms with E-state index in [0.717, 1.165) is 0 Å². The summed E-state index contributed by atoms with van der Waals surface area (Å²) >= 11 is 1.29. The van der Waals surface area contributed by atoms with E-state index in [4.69, 9.17) is 5.11 Å². The van der Waals surface area contributed by atoms with Crippen molar-refractivity contribution in [1.82, 2.24) is 0 Å². The molecule has 3 nitrogen and oxygen atoms in total. The molecule has 2 rings (SSSR count). The summed E-state index contributed by atoms with van der Waals surface area (Å²) in [5.74, 6) is -1.53. The van der Waals surface area contributed by atoms with Gasteiger partial charge in [0, 0.05) is 5.56 Å². The van der Waals surface area contributed by atoms with Crippen molar-refractivity contribution in [1.29, 1.82) is 0 Å². The van der Waals surface area contributed by atoms with E-state index in [-0.39, 0.29) is 5.78 Å². The second kappa shape index (κ2) is 5.14. The van der Waals surface area contributed by atoms with Crippen LogP contribution in [0.25, 0.3) is 0 Å². The average molecular weight is 260 g/mol. The van der Waals surface area contributed by atoms with E-state index >= 15 is 0 Å². The number of hydrogen-bond acceptors (Lipinski definition) is 3. The number of rotatable bonds is 4. The first-order chi connectivity index (χ1) is 8.59. The Bertz CT molecular complexity index is 572. The first-order valence-electron chi connectivity index (χ1n) is 5.50. The van der Waals surface area contributed by atoms with Gasteiger partial charge in [-0.3, -0.25) is 9.59 Å². The highest BCUT2D eigenvalue weighted by molar-refractivity contribution is 7.12. The van der Waals surface area contributed by atoms with Crippen molar-refractivity contribution in [3.63, 3.8) is 0 Å². The van der Waals surface area contributed by atoms with Crippen molar-refractivity contribution in [2.45, 2.75) is 12.8 Å². The van der Waals surface area contributed by atoms with Gasteiger partial charge in [0.15, 0.2) is 0 Å². The molecule has 92 valence electrons. The Kier molecular flexibility index (Phi) is 3.58. The fourth-order valence-corrected chi connectivity index (χ4v) is 2.54. The van der Waals surface area contributed by atoms with Gasteiger partial charge in [-0.15, -0.1) is 11.3 Å². The van der Waals surface area contributed by atoms with Crippen molar-refractivity contribution in [2.75, 3.05) is 0 Å². The molecule has 1 aromatic carbocycles. The van der Waals surface area contributed by atoms with Crippen molar-refractivity contribution in [3.8, 4) is 0 Å². The minimum Gasteiger partial charge on any atom is -0.481 e. The van der Waals surface area contributed by atoms with Gasteiger partial charge in [-0.05, 0) is 23.9 Å². The Balaban J connectivity index is 2.26. The molecule has 0 saturated heterocycles. The fraction of sp³-hybridized carbons (Fsp3) is 0.143. The maximum Gasteiger partial charge on any atom is 0.310 e. The molecule has 2 aromatic rings. The van der Waals surface area contributed by atoms with Crippen molar-refractivity contribution < 1.29 is 14.7 Å². The lowest BCUT2D eigenvalue weighted by molar-refractivity contribution is -0.138. The number of ketones is 1. The first-order valence-corrected chi connectivity index (χ1v) is 6.38. The number of carbonyl (C=O) groups excluding carboxylic acids is 1. The van der Waals surface area contributed by atoms with E-state index < -0.39 is 11.9 Å². The van der Waals surface area contributed by atoms with Crippen LogP contribution in [-0.4, -0.2) is 16.9 Å². The lowest BCUT2D eigenvalue weighted by atomic mass is 10.0. The number of carboxylic acids is 1. The molecule has 1 aromatic heterocycles. The molecule has 0 fully saturated rings. The summed E-state index contributed by atoms with van der Waals surface area (Å²) in [7, 11) is 0. The maximum atomic E-state index is 12.1. The minimum absolute atomic E-state index is 0.0653.